The van der Waals surface area contributed by atoms with E-state index in [2.05, 4.69) is 126 Å². The number of hydrogen-bond donors (Lipinski definition) is 0. The smallest absolute Gasteiger partial charge is 0.0794 e. The molecular weight excluding hydrogens is 484 g/mol. The van der Waals surface area contributed by atoms with E-state index in [-0.39, 0.29) is 0 Å². The topological polar surface area (TPSA) is 25.8 Å². The molecule has 0 N–H and O–H groups in total. The highest BCUT2D eigenvalue weighted by Gasteiger charge is 2.31. The SMILES string of the molecule is c1ccc(-c2nc(-c3ccc(-c4ccccn4)cc3)c(-c3ccccc3)c3c2-c2cccc4cccc-3c24)cc1. The standard InChI is InChI=1S/C38H24N2/c1-3-11-27(12-4-1)34-35-30-17-9-15-26-16-10-18-31(33(26)30)36(35)38(28-13-5-2-6-14-28)40-37(34)29-22-20-25(21-23-29)32-19-7-8-24-39-32/h1-24H. The molecule has 0 atom stereocenters. The van der Waals surface area contributed by atoms with Crippen LogP contribution in [0.25, 0.3) is 77.9 Å². The molecule has 0 spiro atoms. The Morgan fingerprint density at radius 2 is 0.950 bits per heavy atom. The molecule has 1 aliphatic rings. The largest absolute Gasteiger partial charge is 0.256 e. The third-order valence-corrected chi connectivity index (χ3v) is 7.87. The fraction of sp³-hybridized carbons (Fsp3) is 0. The minimum atomic E-state index is 0.964. The highest BCUT2D eigenvalue weighted by molar-refractivity contribution is 6.21. The summed E-state index contributed by atoms with van der Waals surface area (Å²) in [6.45, 7) is 0. The minimum Gasteiger partial charge on any atom is -0.256 e. The van der Waals surface area contributed by atoms with Crippen LogP contribution in [0, 0.1) is 0 Å². The van der Waals surface area contributed by atoms with Crippen LogP contribution in [-0.2, 0) is 0 Å². The summed E-state index contributed by atoms with van der Waals surface area (Å²) in [5.41, 5.74) is 13.6. The van der Waals surface area contributed by atoms with Crippen LogP contribution in [0.4, 0.5) is 0 Å². The van der Waals surface area contributed by atoms with Crippen LogP contribution in [0.1, 0.15) is 0 Å². The molecule has 0 amide bonds. The third-order valence-electron chi connectivity index (χ3n) is 7.87. The summed E-state index contributed by atoms with van der Waals surface area (Å²) in [6, 6.07) is 49.3. The van der Waals surface area contributed by atoms with Gasteiger partial charge >= 0.3 is 0 Å². The van der Waals surface area contributed by atoms with Crippen molar-refractivity contribution in [2.24, 2.45) is 0 Å². The Kier molecular flexibility index (Phi) is 5.17. The van der Waals surface area contributed by atoms with Gasteiger partial charge in [-0.1, -0.05) is 127 Å². The van der Waals surface area contributed by atoms with E-state index in [9.17, 15) is 0 Å². The second-order valence-corrected chi connectivity index (χ2v) is 10.2. The van der Waals surface area contributed by atoms with Gasteiger partial charge in [-0.2, -0.15) is 0 Å². The molecular formula is C38H24N2. The van der Waals surface area contributed by atoms with E-state index in [0.29, 0.717) is 0 Å². The van der Waals surface area contributed by atoms with Gasteiger partial charge in [0.2, 0.25) is 0 Å². The van der Waals surface area contributed by atoms with Crippen molar-refractivity contribution >= 4 is 10.8 Å². The van der Waals surface area contributed by atoms with Gasteiger partial charge in [-0.15, -0.1) is 0 Å². The quantitative estimate of drug-likeness (QED) is 0.236. The van der Waals surface area contributed by atoms with Crippen LogP contribution in [0.3, 0.4) is 0 Å². The number of rotatable bonds is 4. The Balaban J connectivity index is 1.48. The van der Waals surface area contributed by atoms with Crippen molar-refractivity contribution in [2.45, 2.75) is 0 Å². The van der Waals surface area contributed by atoms with Crippen molar-refractivity contribution in [3.63, 3.8) is 0 Å². The first-order valence-corrected chi connectivity index (χ1v) is 13.6. The van der Waals surface area contributed by atoms with Crippen LogP contribution in [0.15, 0.2) is 146 Å². The number of fused-ring (bicyclic) bond motifs is 3. The molecule has 186 valence electrons. The molecule has 40 heavy (non-hydrogen) atoms. The molecule has 2 heteroatoms. The fourth-order valence-corrected chi connectivity index (χ4v) is 6.11. The Morgan fingerprint density at radius 1 is 0.375 bits per heavy atom. The summed E-state index contributed by atoms with van der Waals surface area (Å²) in [7, 11) is 0. The van der Waals surface area contributed by atoms with Crippen LogP contribution >= 0.6 is 0 Å². The highest BCUT2D eigenvalue weighted by atomic mass is 14.7. The van der Waals surface area contributed by atoms with Gasteiger partial charge in [0.05, 0.1) is 17.1 Å². The summed E-state index contributed by atoms with van der Waals surface area (Å²) in [6.07, 6.45) is 1.84. The molecule has 2 heterocycles. The van der Waals surface area contributed by atoms with Gasteiger partial charge in [0.15, 0.2) is 0 Å². The Morgan fingerprint density at radius 3 is 1.62 bits per heavy atom. The van der Waals surface area contributed by atoms with Crippen LogP contribution in [0.2, 0.25) is 0 Å². The van der Waals surface area contributed by atoms with Gasteiger partial charge in [-0.25, -0.2) is 4.98 Å². The summed E-state index contributed by atoms with van der Waals surface area (Å²) < 4.78 is 0. The lowest BCUT2D eigenvalue weighted by molar-refractivity contribution is 1.31. The first kappa shape index (κ1) is 22.6. The zero-order valence-electron chi connectivity index (χ0n) is 21.8. The van der Waals surface area contributed by atoms with Gasteiger partial charge in [0.25, 0.3) is 0 Å². The molecule has 8 rings (SSSR count). The Hall–Kier alpha value is -5.34. The molecule has 2 aromatic heterocycles. The molecule has 1 aliphatic carbocycles. The van der Waals surface area contributed by atoms with E-state index in [1.165, 1.54) is 44.2 Å². The lowest BCUT2D eigenvalue weighted by atomic mass is 9.87. The van der Waals surface area contributed by atoms with Crippen LogP contribution in [-0.4, -0.2) is 9.97 Å². The third kappa shape index (κ3) is 3.50. The highest BCUT2D eigenvalue weighted by Crippen LogP contribution is 2.55. The molecule has 0 saturated heterocycles. The molecule has 0 radical (unpaired) electrons. The maximum absolute atomic E-state index is 5.52. The van der Waals surface area contributed by atoms with Crippen molar-refractivity contribution in [3.05, 3.63) is 146 Å². The number of benzene rings is 5. The first-order chi connectivity index (χ1) is 19.9. The van der Waals surface area contributed by atoms with Crippen molar-refractivity contribution in [1.29, 1.82) is 0 Å². The second-order valence-electron chi connectivity index (χ2n) is 10.2. The molecule has 0 unspecified atom stereocenters. The maximum Gasteiger partial charge on any atom is 0.0794 e. The predicted octanol–water partition coefficient (Wildman–Crippen LogP) is 9.95. The molecule has 0 fully saturated rings. The Labute approximate surface area is 233 Å². The average Bonchev–Trinajstić information content (AvgIpc) is 3.38. The lowest BCUT2D eigenvalue weighted by Gasteiger charge is -2.19. The van der Waals surface area contributed by atoms with Gasteiger partial charge in [-0.05, 0) is 39.6 Å². The molecule has 5 aromatic carbocycles. The lowest BCUT2D eigenvalue weighted by Crippen LogP contribution is -1.98. The second kappa shape index (κ2) is 9.14. The summed E-state index contributed by atoms with van der Waals surface area (Å²) in [4.78, 5) is 10.1. The fourth-order valence-electron chi connectivity index (χ4n) is 6.11. The minimum absolute atomic E-state index is 0.964. The molecule has 0 saturated carbocycles. The average molecular weight is 509 g/mol. The van der Waals surface area contributed by atoms with E-state index in [1.54, 1.807) is 0 Å². The zero-order valence-corrected chi connectivity index (χ0v) is 21.8. The molecule has 7 aromatic rings. The van der Waals surface area contributed by atoms with Gasteiger partial charge in [0, 0.05) is 39.6 Å². The summed E-state index contributed by atoms with van der Waals surface area (Å²) in [5.74, 6) is 0. The zero-order chi connectivity index (χ0) is 26.5. The van der Waals surface area contributed by atoms with Crippen LogP contribution in [0.5, 0.6) is 0 Å². The van der Waals surface area contributed by atoms with Crippen molar-refractivity contribution < 1.29 is 0 Å². The molecule has 2 nitrogen and oxygen atoms in total. The van der Waals surface area contributed by atoms with Crippen LogP contribution < -0.4 is 0 Å². The molecule has 0 bridgehead atoms. The number of nitrogens with zero attached hydrogens (tertiary/aromatic N) is 2. The first-order valence-electron chi connectivity index (χ1n) is 13.6. The van der Waals surface area contributed by atoms with Gasteiger partial charge in [-0.3, -0.25) is 4.98 Å². The Bertz CT molecular complexity index is 2010. The van der Waals surface area contributed by atoms with E-state index in [4.69, 9.17) is 4.98 Å². The normalized spacial score (nSPS) is 11.5. The number of aromatic nitrogens is 2. The summed E-state index contributed by atoms with van der Waals surface area (Å²) >= 11 is 0. The number of hydrogen-bond acceptors (Lipinski definition) is 2. The number of pyridine rings is 2. The van der Waals surface area contributed by atoms with Crippen molar-refractivity contribution in [2.75, 3.05) is 0 Å². The van der Waals surface area contributed by atoms with Crippen molar-refractivity contribution in [1.82, 2.24) is 9.97 Å². The van der Waals surface area contributed by atoms with E-state index >= 15 is 0 Å². The predicted molar refractivity (Wildman–Crippen MR) is 166 cm³/mol. The van der Waals surface area contributed by atoms with E-state index in [1.807, 2.05) is 24.4 Å². The monoisotopic (exact) mass is 508 g/mol. The van der Waals surface area contributed by atoms with E-state index in [0.717, 1.165) is 33.8 Å². The van der Waals surface area contributed by atoms with Crippen molar-refractivity contribution in [3.8, 4) is 67.2 Å². The van der Waals surface area contributed by atoms with Gasteiger partial charge < -0.3 is 0 Å². The maximum atomic E-state index is 5.52. The molecule has 0 aliphatic heterocycles. The van der Waals surface area contributed by atoms with E-state index < -0.39 is 0 Å². The summed E-state index contributed by atoms with van der Waals surface area (Å²) in [5, 5.41) is 2.56. The van der Waals surface area contributed by atoms with Gasteiger partial charge in [0.1, 0.15) is 0 Å².